The number of alkyl halides is 1. The van der Waals surface area contributed by atoms with Crippen LogP contribution in [0.1, 0.15) is 26.2 Å². The molecular weight excluding hydrogens is 152 g/mol. The van der Waals surface area contributed by atoms with Gasteiger partial charge < -0.3 is 0 Å². The van der Waals surface area contributed by atoms with Crippen LogP contribution in [0.15, 0.2) is 0 Å². The van der Waals surface area contributed by atoms with Crippen molar-refractivity contribution in [1.82, 2.24) is 0 Å². The largest absolute Gasteiger partial charge is 0.162 e. The van der Waals surface area contributed by atoms with E-state index in [0.29, 0.717) is 0 Å². The Kier molecular flexibility index (Phi) is 9.25. The number of rotatable bonds is 6. The number of hydrogen-bond donors (Lipinski definition) is 0. The third-order valence-corrected chi connectivity index (χ3v) is 2.38. The molecule has 0 amide bonds. The van der Waals surface area contributed by atoms with Gasteiger partial charge in [0.05, 0.1) is 0 Å². The van der Waals surface area contributed by atoms with Gasteiger partial charge in [-0.05, 0) is 24.3 Å². The minimum atomic E-state index is 0.830. The first-order valence-corrected chi connectivity index (χ1v) is 5.24. The standard InChI is InChI=1S/C7H15ClS/c1-2-9-7-5-3-4-6-8/h2-7H2,1H3. The van der Waals surface area contributed by atoms with E-state index in [1.807, 2.05) is 11.8 Å². The summed E-state index contributed by atoms with van der Waals surface area (Å²) >= 11 is 7.52. The van der Waals surface area contributed by atoms with Crippen LogP contribution in [-0.2, 0) is 0 Å². The summed E-state index contributed by atoms with van der Waals surface area (Å²) in [6.07, 6.45) is 3.83. The molecule has 0 spiro atoms. The first kappa shape index (κ1) is 9.64. The van der Waals surface area contributed by atoms with Crippen LogP contribution in [0, 0.1) is 0 Å². The lowest BCUT2D eigenvalue weighted by molar-refractivity contribution is 0.783. The third kappa shape index (κ3) is 8.64. The summed E-state index contributed by atoms with van der Waals surface area (Å²) in [5, 5.41) is 0. The van der Waals surface area contributed by atoms with E-state index in [2.05, 4.69) is 6.92 Å². The van der Waals surface area contributed by atoms with Gasteiger partial charge >= 0.3 is 0 Å². The van der Waals surface area contributed by atoms with Crippen molar-refractivity contribution in [2.75, 3.05) is 17.4 Å². The average molecular weight is 167 g/mol. The molecule has 0 rings (SSSR count). The minimum Gasteiger partial charge on any atom is -0.162 e. The van der Waals surface area contributed by atoms with Gasteiger partial charge in [0.15, 0.2) is 0 Å². The number of unbranched alkanes of at least 4 members (excludes halogenated alkanes) is 2. The van der Waals surface area contributed by atoms with E-state index in [4.69, 9.17) is 11.6 Å². The number of thioether (sulfide) groups is 1. The van der Waals surface area contributed by atoms with E-state index < -0.39 is 0 Å². The van der Waals surface area contributed by atoms with E-state index >= 15 is 0 Å². The molecule has 0 unspecified atom stereocenters. The first-order valence-electron chi connectivity index (χ1n) is 3.55. The van der Waals surface area contributed by atoms with Crippen molar-refractivity contribution in [1.29, 1.82) is 0 Å². The Morgan fingerprint density at radius 1 is 1.22 bits per heavy atom. The van der Waals surface area contributed by atoms with Crippen molar-refractivity contribution < 1.29 is 0 Å². The molecule has 0 aromatic heterocycles. The van der Waals surface area contributed by atoms with Gasteiger partial charge in [-0.1, -0.05) is 13.3 Å². The van der Waals surface area contributed by atoms with Crippen molar-refractivity contribution in [2.24, 2.45) is 0 Å². The summed E-state index contributed by atoms with van der Waals surface area (Å²) in [7, 11) is 0. The number of hydrogen-bond acceptors (Lipinski definition) is 1. The van der Waals surface area contributed by atoms with E-state index in [-0.39, 0.29) is 0 Å². The van der Waals surface area contributed by atoms with E-state index in [1.54, 1.807) is 0 Å². The van der Waals surface area contributed by atoms with Gasteiger partial charge in [0.1, 0.15) is 0 Å². The van der Waals surface area contributed by atoms with Crippen LogP contribution in [0.25, 0.3) is 0 Å². The van der Waals surface area contributed by atoms with Crippen LogP contribution in [0.5, 0.6) is 0 Å². The maximum atomic E-state index is 5.51. The second-order valence-electron chi connectivity index (χ2n) is 1.95. The third-order valence-electron chi connectivity index (χ3n) is 1.13. The Labute approximate surface area is 67.4 Å². The smallest absolute Gasteiger partial charge is 0.0223 e. The van der Waals surface area contributed by atoms with Crippen LogP contribution in [0.2, 0.25) is 0 Å². The maximum absolute atomic E-state index is 5.51. The fraction of sp³-hybridized carbons (Fsp3) is 1.00. The number of halogens is 1. The van der Waals surface area contributed by atoms with Gasteiger partial charge in [-0.2, -0.15) is 11.8 Å². The molecule has 0 saturated heterocycles. The summed E-state index contributed by atoms with van der Waals surface area (Å²) in [4.78, 5) is 0. The molecule has 0 aromatic rings. The van der Waals surface area contributed by atoms with Crippen molar-refractivity contribution >= 4 is 23.4 Å². The Bertz CT molecular complexity index is 42.2. The molecule has 0 nitrogen and oxygen atoms in total. The predicted molar refractivity (Wildman–Crippen MR) is 47.6 cm³/mol. The Hall–Kier alpha value is 0.640. The van der Waals surface area contributed by atoms with Crippen molar-refractivity contribution in [3.63, 3.8) is 0 Å². The molecule has 0 saturated carbocycles. The topological polar surface area (TPSA) is 0 Å². The quantitative estimate of drug-likeness (QED) is 0.432. The van der Waals surface area contributed by atoms with Crippen LogP contribution in [-0.4, -0.2) is 17.4 Å². The van der Waals surface area contributed by atoms with E-state index in [0.717, 1.165) is 5.88 Å². The van der Waals surface area contributed by atoms with Crippen LogP contribution in [0.4, 0.5) is 0 Å². The molecule has 2 heteroatoms. The van der Waals surface area contributed by atoms with Gasteiger partial charge in [0, 0.05) is 5.88 Å². The van der Waals surface area contributed by atoms with Gasteiger partial charge in [-0.15, -0.1) is 11.6 Å². The Morgan fingerprint density at radius 3 is 2.56 bits per heavy atom. The minimum absolute atomic E-state index is 0.830. The highest BCUT2D eigenvalue weighted by molar-refractivity contribution is 7.99. The Balaban J connectivity index is 2.60. The van der Waals surface area contributed by atoms with Gasteiger partial charge in [-0.3, -0.25) is 0 Å². The van der Waals surface area contributed by atoms with E-state index in [1.165, 1.54) is 30.8 Å². The van der Waals surface area contributed by atoms with Gasteiger partial charge in [0.2, 0.25) is 0 Å². The Morgan fingerprint density at radius 2 is 2.00 bits per heavy atom. The second-order valence-corrected chi connectivity index (χ2v) is 3.72. The highest BCUT2D eigenvalue weighted by Gasteiger charge is 1.86. The van der Waals surface area contributed by atoms with Crippen molar-refractivity contribution in [3.8, 4) is 0 Å². The van der Waals surface area contributed by atoms with Gasteiger partial charge in [-0.25, -0.2) is 0 Å². The first-order chi connectivity index (χ1) is 4.41. The molecule has 0 aromatic carbocycles. The molecule has 0 N–H and O–H groups in total. The predicted octanol–water partition coefficient (Wildman–Crippen LogP) is 3.15. The summed E-state index contributed by atoms with van der Waals surface area (Å²) in [5.41, 5.74) is 0. The fourth-order valence-electron chi connectivity index (χ4n) is 0.620. The lowest BCUT2D eigenvalue weighted by atomic mass is 10.3. The average Bonchev–Trinajstić information content (AvgIpc) is 1.89. The molecule has 0 aliphatic heterocycles. The maximum Gasteiger partial charge on any atom is 0.0223 e. The van der Waals surface area contributed by atoms with Crippen molar-refractivity contribution in [3.05, 3.63) is 0 Å². The molecule has 9 heavy (non-hydrogen) atoms. The molecule has 0 heterocycles. The van der Waals surface area contributed by atoms with Gasteiger partial charge in [0.25, 0.3) is 0 Å². The normalized spacial score (nSPS) is 10.0. The SMILES string of the molecule is CCSCCCCCCl. The summed E-state index contributed by atoms with van der Waals surface area (Å²) in [6.45, 7) is 2.20. The van der Waals surface area contributed by atoms with Crippen LogP contribution < -0.4 is 0 Å². The molecule has 0 aliphatic rings. The molecular formula is C7H15ClS. The lowest BCUT2D eigenvalue weighted by Gasteiger charge is -1.95. The summed E-state index contributed by atoms with van der Waals surface area (Å²) in [6, 6.07) is 0. The second kappa shape index (κ2) is 8.64. The molecule has 0 radical (unpaired) electrons. The van der Waals surface area contributed by atoms with Crippen LogP contribution in [0.3, 0.4) is 0 Å². The lowest BCUT2D eigenvalue weighted by Crippen LogP contribution is -1.81. The molecule has 56 valence electrons. The summed E-state index contributed by atoms with van der Waals surface area (Å²) in [5.74, 6) is 3.39. The van der Waals surface area contributed by atoms with Crippen molar-refractivity contribution in [2.45, 2.75) is 26.2 Å². The molecule has 0 atom stereocenters. The van der Waals surface area contributed by atoms with E-state index in [9.17, 15) is 0 Å². The zero-order valence-corrected chi connectivity index (χ0v) is 7.60. The molecule has 0 bridgehead atoms. The van der Waals surface area contributed by atoms with Crippen LogP contribution >= 0.6 is 23.4 Å². The zero-order chi connectivity index (χ0) is 6.95. The zero-order valence-electron chi connectivity index (χ0n) is 6.03. The highest BCUT2D eigenvalue weighted by Crippen LogP contribution is 2.05. The fourth-order valence-corrected chi connectivity index (χ4v) is 1.51. The molecule has 0 fully saturated rings. The molecule has 0 aliphatic carbocycles. The summed E-state index contributed by atoms with van der Waals surface area (Å²) < 4.78 is 0. The highest BCUT2D eigenvalue weighted by atomic mass is 35.5. The monoisotopic (exact) mass is 166 g/mol.